The van der Waals surface area contributed by atoms with Gasteiger partial charge in [-0.25, -0.2) is 9.78 Å². The second kappa shape index (κ2) is 9.86. The minimum atomic E-state index is -1.70. The number of carbonyl (C=O) groups is 5. The quantitative estimate of drug-likeness (QED) is 0.202. The summed E-state index contributed by atoms with van der Waals surface area (Å²) in [4.78, 5) is 63.6. The van der Waals surface area contributed by atoms with Gasteiger partial charge in [-0.05, 0) is 0 Å². The lowest BCUT2D eigenvalue weighted by Gasteiger charge is -2.22. The molecule has 0 aliphatic carbocycles. The van der Waals surface area contributed by atoms with Crippen LogP contribution in [0.4, 0.5) is 0 Å². The topological polar surface area (TPSA) is 231 Å². The molecule has 148 valence electrons. The first-order chi connectivity index (χ1) is 12.6. The third kappa shape index (κ3) is 7.52. The van der Waals surface area contributed by atoms with Crippen LogP contribution in [0, 0.1) is 0 Å². The number of carboxylic acid groups (broad SMARTS) is 2. The molecule has 0 saturated carbocycles. The van der Waals surface area contributed by atoms with Gasteiger partial charge < -0.3 is 37.3 Å². The molecule has 1 heterocycles. The van der Waals surface area contributed by atoms with Gasteiger partial charge in [0.2, 0.25) is 17.7 Å². The van der Waals surface area contributed by atoms with Gasteiger partial charge in [-0.2, -0.15) is 0 Å². The molecule has 0 radical (unpaired) electrons. The van der Waals surface area contributed by atoms with Gasteiger partial charge >= 0.3 is 11.9 Å². The molecule has 0 bridgehead atoms. The zero-order valence-corrected chi connectivity index (χ0v) is 14.0. The SMILES string of the molecule is NC(=O)CC(N)C(=O)NC(Cc1cnc[nH]1)C(=O)NC(CC(=O)O)C(=O)O. The highest BCUT2D eigenvalue weighted by Gasteiger charge is 2.30. The highest BCUT2D eigenvalue weighted by Crippen LogP contribution is 2.02. The number of aliphatic carboxylic acids is 2. The summed E-state index contributed by atoms with van der Waals surface area (Å²) in [5.74, 6) is -5.61. The van der Waals surface area contributed by atoms with Crippen molar-refractivity contribution in [1.82, 2.24) is 20.6 Å². The van der Waals surface area contributed by atoms with Crippen molar-refractivity contribution in [1.29, 1.82) is 0 Å². The highest BCUT2D eigenvalue weighted by atomic mass is 16.4. The standard InChI is InChI=1S/C14H20N6O7/c15-7(2-10(16)21)12(24)19-8(1-6-4-17-5-18-6)13(25)20-9(14(26)27)3-11(22)23/h4-5,7-9H,1-3,15H2,(H2,16,21)(H,17,18)(H,19,24)(H,20,25)(H,22,23)(H,26,27). The van der Waals surface area contributed by atoms with Crippen molar-refractivity contribution >= 4 is 29.7 Å². The van der Waals surface area contributed by atoms with E-state index in [4.69, 9.17) is 21.7 Å². The van der Waals surface area contributed by atoms with Gasteiger partial charge in [0.05, 0.1) is 25.2 Å². The highest BCUT2D eigenvalue weighted by molar-refractivity contribution is 5.94. The Morgan fingerprint density at radius 3 is 2.19 bits per heavy atom. The van der Waals surface area contributed by atoms with Crippen LogP contribution in [-0.4, -0.2) is 68.0 Å². The van der Waals surface area contributed by atoms with Crippen LogP contribution >= 0.6 is 0 Å². The molecule has 1 aromatic heterocycles. The van der Waals surface area contributed by atoms with E-state index in [0.29, 0.717) is 5.69 Å². The first-order valence-corrected chi connectivity index (χ1v) is 7.66. The monoisotopic (exact) mass is 384 g/mol. The third-order valence-corrected chi connectivity index (χ3v) is 3.36. The smallest absolute Gasteiger partial charge is 0.326 e. The van der Waals surface area contributed by atoms with E-state index in [0.717, 1.165) is 0 Å². The Morgan fingerprint density at radius 2 is 1.70 bits per heavy atom. The van der Waals surface area contributed by atoms with E-state index in [1.54, 1.807) is 0 Å². The molecular weight excluding hydrogens is 364 g/mol. The molecule has 9 N–H and O–H groups in total. The van der Waals surface area contributed by atoms with Crippen LogP contribution in [0.5, 0.6) is 0 Å². The van der Waals surface area contributed by atoms with Crippen molar-refractivity contribution in [3.8, 4) is 0 Å². The maximum Gasteiger partial charge on any atom is 0.326 e. The number of nitrogens with zero attached hydrogens (tertiary/aromatic N) is 1. The van der Waals surface area contributed by atoms with E-state index < -0.39 is 60.6 Å². The first-order valence-electron chi connectivity index (χ1n) is 7.66. The average molecular weight is 384 g/mol. The van der Waals surface area contributed by atoms with E-state index >= 15 is 0 Å². The number of carbonyl (C=O) groups excluding carboxylic acids is 3. The van der Waals surface area contributed by atoms with E-state index in [1.165, 1.54) is 12.5 Å². The molecule has 13 nitrogen and oxygen atoms in total. The van der Waals surface area contributed by atoms with Gasteiger partial charge in [-0.1, -0.05) is 0 Å². The number of rotatable bonds is 11. The Balaban J connectivity index is 2.90. The fourth-order valence-corrected chi connectivity index (χ4v) is 2.06. The largest absolute Gasteiger partial charge is 0.481 e. The summed E-state index contributed by atoms with van der Waals surface area (Å²) >= 11 is 0. The lowest BCUT2D eigenvalue weighted by molar-refractivity contribution is -0.147. The second-order valence-electron chi connectivity index (χ2n) is 5.62. The number of hydrogen-bond donors (Lipinski definition) is 7. The number of imidazole rings is 1. The number of H-pyrrole nitrogens is 1. The van der Waals surface area contributed by atoms with Crippen LogP contribution in [0.2, 0.25) is 0 Å². The minimum Gasteiger partial charge on any atom is -0.481 e. The zero-order valence-electron chi connectivity index (χ0n) is 14.0. The summed E-state index contributed by atoms with van der Waals surface area (Å²) in [5.41, 5.74) is 10.9. The van der Waals surface area contributed by atoms with Crippen LogP contribution in [-0.2, 0) is 30.4 Å². The van der Waals surface area contributed by atoms with Crippen molar-refractivity contribution in [2.24, 2.45) is 11.5 Å². The zero-order chi connectivity index (χ0) is 20.6. The number of carboxylic acids is 2. The van der Waals surface area contributed by atoms with Crippen molar-refractivity contribution in [3.63, 3.8) is 0 Å². The maximum absolute atomic E-state index is 12.4. The summed E-state index contributed by atoms with van der Waals surface area (Å²) in [6.45, 7) is 0. The molecule has 3 atom stereocenters. The Labute approximate surface area is 152 Å². The molecule has 27 heavy (non-hydrogen) atoms. The van der Waals surface area contributed by atoms with Crippen LogP contribution in [0.25, 0.3) is 0 Å². The van der Waals surface area contributed by atoms with Crippen LogP contribution in [0.3, 0.4) is 0 Å². The normalized spacial score (nSPS) is 13.8. The lowest BCUT2D eigenvalue weighted by Crippen LogP contribution is -2.55. The number of aromatic amines is 1. The maximum atomic E-state index is 12.4. The predicted molar refractivity (Wildman–Crippen MR) is 87.8 cm³/mol. The number of nitrogens with two attached hydrogens (primary N) is 2. The molecule has 0 aromatic carbocycles. The summed E-state index contributed by atoms with van der Waals surface area (Å²) in [6, 6.07) is -4.31. The molecule has 0 spiro atoms. The molecule has 0 aliphatic heterocycles. The fourth-order valence-electron chi connectivity index (χ4n) is 2.06. The van der Waals surface area contributed by atoms with Gasteiger partial charge in [-0.3, -0.25) is 19.2 Å². The molecule has 0 aliphatic rings. The Hall–Kier alpha value is -3.48. The predicted octanol–water partition coefficient (Wildman–Crippen LogP) is -3.32. The fraction of sp³-hybridized carbons (Fsp3) is 0.429. The summed E-state index contributed by atoms with van der Waals surface area (Å²) in [6.07, 6.45) is 1.28. The number of aromatic nitrogens is 2. The number of amides is 3. The Bertz CT molecular complexity index is 705. The average Bonchev–Trinajstić information content (AvgIpc) is 3.05. The van der Waals surface area contributed by atoms with E-state index in [-0.39, 0.29) is 6.42 Å². The summed E-state index contributed by atoms with van der Waals surface area (Å²) < 4.78 is 0. The van der Waals surface area contributed by atoms with Crippen molar-refractivity contribution in [3.05, 3.63) is 18.2 Å². The molecule has 0 fully saturated rings. The minimum absolute atomic E-state index is 0.111. The summed E-state index contributed by atoms with van der Waals surface area (Å²) in [7, 11) is 0. The van der Waals surface area contributed by atoms with Gasteiger partial charge in [0.1, 0.15) is 12.1 Å². The molecular formula is C14H20N6O7. The second-order valence-corrected chi connectivity index (χ2v) is 5.62. The molecule has 3 amide bonds. The van der Waals surface area contributed by atoms with Gasteiger partial charge in [-0.15, -0.1) is 0 Å². The van der Waals surface area contributed by atoms with Gasteiger partial charge in [0.15, 0.2) is 0 Å². The Morgan fingerprint density at radius 1 is 1.07 bits per heavy atom. The van der Waals surface area contributed by atoms with E-state index in [9.17, 15) is 24.0 Å². The van der Waals surface area contributed by atoms with E-state index in [2.05, 4.69) is 15.3 Å². The van der Waals surface area contributed by atoms with E-state index in [1.807, 2.05) is 5.32 Å². The van der Waals surface area contributed by atoms with Crippen molar-refractivity contribution in [2.75, 3.05) is 0 Å². The van der Waals surface area contributed by atoms with Crippen LogP contribution in [0.15, 0.2) is 12.5 Å². The number of hydrogen-bond acceptors (Lipinski definition) is 7. The van der Waals surface area contributed by atoms with Crippen LogP contribution < -0.4 is 22.1 Å². The third-order valence-electron chi connectivity index (χ3n) is 3.36. The molecule has 13 heteroatoms. The molecule has 1 rings (SSSR count). The Kier molecular flexibility index (Phi) is 7.88. The summed E-state index contributed by atoms with van der Waals surface area (Å²) in [5, 5.41) is 22.1. The van der Waals surface area contributed by atoms with Crippen molar-refractivity contribution in [2.45, 2.75) is 37.4 Å². The van der Waals surface area contributed by atoms with Gasteiger partial charge in [0.25, 0.3) is 0 Å². The molecule has 0 saturated heterocycles. The van der Waals surface area contributed by atoms with Gasteiger partial charge in [0, 0.05) is 18.3 Å². The van der Waals surface area contributed by atoms with Crippen molar-refractivity contribution < 1.29 is 34.2 Å². The number of primary amides is 1. The molecule has 3 unspecified atom stereocenters. The number of nitrogens with one attached hydrogen (secondary N) is 3. The molecule has 1 aromatic rings. The first kappa shape index (κ1) is 21.6. The van der Waals surface area contributed by atoms with Crippen LogP contribution in [0.1, 0.15) is 18.5 Å². The lowest BCUT2D eigenvalue weighted by atomic mass is 10.1.